The molecular formula is C27H32N6. The normalized spacial score (nSPS) is 16.5. The van der Waals surface area contributed by atoms with Crippen LogP contribution in [0.5, 0.6) is 0 Å². The van der Waals surface area contributed by atoms with E-state index in [-0.39, 0.29) is 0 Å². The van der Waals surface area contributed by atoms with Crippen molar-refractivity contribution in [1.29, 1.82) is 0 Å². The second-order valence-corrected chi connectivity index (χ2v) is 9.14. The number of piperazine rings is 1. The second-order valence-electron chi connectivity index (χ2n) is 9.14. The van der Waals surface area contributed by atoms with E-state index in [1.54, 1.807) is 0 Å². The fourth-order valence-corrected chi connectivity index (χ4v) is 4.73. The number of nitrogen functional groups attached to an aromatic ring is 1. The maximum atomic E-state index is 6.12. The molecule has 0 unspecified atom stereocenters. The second kappa shape index (κ2) is 9.24. The number of hydrogen-bond acceptors (Lipinski definition) is 6. The molecule has 3 heterocycles. The highest BCUT2D eigenvalue weighted by molar-refractivity contribution is 5.66. The maximum absolute atomic E-state index is 6.12. The predicted octanol–water partition coefficient (Wildman–Crippen LogP) is 3.59. The van der Waals surface area contributed by atoms with Crippen molar-refractivity contribution in [1.82, 2.24) is 19.8 Å². The highest BCUT2D eigenvalue weighted by Crippen LogP contribution is 2.29. The minimum atomic E-state index is 0.331. The van der Waals surface area contributed by atoms with Gasteiger partial charge in [0.2, 0.25) is 5.95 Å². The number of rotatable bonds is 5. The largest absolute Gasteiger partial charge is 0.370 e. The molecule has 6 heteroatoms. The van der Waals surface area contributed by atoms with Gasteiger partial charge in [0.05, 0.1) is 5.69 Å². The first kappa shape index (κ1) is 21.5. The summed E-state index contributed by atoms with van der Waals surface area (Å²) in [5, 5.41) is 0. The fraction of sp³-hybridized carbons (Fsp3) is 0.333. The topological polar surface area (TPSA) is 61.5 Å². The smallest absolute Gasteiger partial charge is 0.222 e. The standard InChI is InChI=1S/C27H32N6/c1-20(16-21-6-4-3-5-7-21)33-11-10-22-8-9-23(17-24(22)19-33)25-18-26(30-27(28)29-25)32-14-12-31(2)13-15-32/h3-9,17-18H,1,10-16,19H2,2H3,(H2,28,29,30). The van der Waals surface area contributed by atoms with E-state index in [9.17, 15) is 0 Å². The van der Waals surface area contributed by atoms with Gasteiger partial charge in [-0.1, -0.05) is 49.0 Å². The number of benzene rings is 2. The highest BCUT2D eigenvalue weighted by atomic mass is 15.3. The van der Waals surface area contributed by atoms with E-state index in [0.717, 1.165) is 69.2 Å². The van der Waals surface area contributed by atoms with Crippen LogP contribution in [0.4, 0.5) is 11.8 Å². The average molecular weight is 441 g/mol. The molecule has 1 fully saturated rings. The molecule has 0 bridgehead atoms. The lowest BCUT2D eigenvalue weighted by molar-refractivity contribution is 0.312. The van der Waals surface area contributed by atoms with Gasteiger partial charge in [0.25, 0.3) is 0 Å². The maximum Gasteiger partial charge on any atom is 0.222 e. The minimum Gasteiger partial charge on any atom is -0.370 e. The monoisotopic (exact) mass is 440 g/mol. The van der Waals surface area contributed by atoms with Crippen molar-refractivity contribution in [3.63, 3.8) is 0 Å². The molecule has 0 amide bonds. The van der Waals surface area contributed by atoms with Gasteiger partial charge in [-0.3, -0.25) is 0 Å². The zero-order valence-electron chi connectivity index (χ0n) is 19.4. The van der Waals surface area contributed by atoms with Crippen molar-refractivity contribution < 1.29 is 0 Å². The van der Waals surface area contributed by atoms with E-state index in [1.807, 2.05) is 0 Å². The Morgan fingerprint density at radius 1 is 0.939 bits per heavy atom. The molecule has 6 nitrogen and oxygen atoms in total. The minimum absolute atomic E-state index is 0.331. The molecule has 2 aromatic carbocycles. The molecule has 0 radical (unpaired) electrons. The molecule has 0 saturated carbocycles. The third kappa shape index (κ3) is 4.86. The fourth-order valence-electron chi connectivity index (χ4n) is 4.73. The lowest BCUT2D eigenvalue weighted by Gasteiger charge is -2.33. The van der Waals surface area contributed by atoms with Gasteiger partial charge in [-0.25, -0.2) is 4.98 Å². The van der Waals surface area contributed by atoms with Crippen LogP contribution in [0.25, 0.3) is 11.3 Å². The molecule has 2 aliphatic rings. The summed E-state index contributed by atoms with van der Waals surface area (Å²) in [4.78, 5) is 16.1. The van der Waals surface area contributed by atoms with Crippen LogP contribution in [-0.2, 0) is 19.4 Å². The first-order chi connectivity index (χ1) is 16.0. The van der Waals surface area contributed by atoms with E-state index in [1.165, 1.54) is 22.4 Å². The molecule has 2 aliphatic heterocycles. The summed E-state index contributed by atoms with van der Waals surface area (Å²) < 4.78 is 0. The predicted molar refractivity (Wildman–Crippen MR) is 135 cm³/mol. The molecule has 1 aromatic heterocycles. The average Bonchev–Trinajstić information content (AvgIpc) is 2.84. The third-order valence-corrected chi connectivity index (χ3v) is 6.77. The van der Waals surface area contributed by atoms with Crippen LogP contribution in [0, 0.1) is 0 Å². The van der Waals surface area contributed by atoms with Crippen LogP contribution in [-0.4, -0.2) is 59.5 Å². The molecule has 33 heavy (non-hydrogen) atoms. The SMILES string of the molecule is C=C(Cc1ccccc1)N1CCc2ccc(-c3cc(N4CCN(C)CC4)nc(N)n3)cc2C1. The van der Waals surface area contributed by atoms with Crippen molar-refractivity contribution >= 4 is 11.8 Å². The summed E-state index contributed by atoms with van der Waals surface area (Å²) in [6.07, 6.45) is 1.91. The van der Waals surface area contributed by atoms with Crippen molar-refractivity contribution in [2.24, 2.45) is 0 Å². The number of anilines is 2. The van der Waals surface area contributed by atoms with E-state index in [4.69, 9.17) is 5.73 Å². The quantitative estimate of drug-likeness (QED) is 0.654. The van der Waals surface area contributed by atoms with Crippen LogP contribution >= 0.6 is 0 Å². The third-order valence-electron chi connectivity index (χ3n) is 6.77. The van der Waals surface area contributed by atoms with Crippen LogP contribution in [0.3, 0.4) is 0 Å². The Morgan fingerprint density at radius 3 is 2.52 bits per heavy atom. The Labute approximate surface area is 196 Å². The molecule has 0 atom stereocenters. The summed E-state index contributed by atoms with van der Waals surface area (Å²) in [7, 11) is 2.15. The van der Waals surface area contributed by atoms with Crippen molar-refractivity contribution in [2.45, 2.75) is 19.4 Å². The first-order valence-corrected chi connectivity index (χ1v) is 11.7. The highest BCUT2D eigenvalue weighted by Gasteiger charge is 2.20. The molecular weight excluding hydrogens is 408 g/mol. The van der Waals surface area contributed by atoms with Gasteiger partial charge in [-0.2, -0.15) is 4.98 Å². The number of aromatic nitrogens is 2. The first-order valence-electron chi connectivity index (χ1n) is 11.7. The van der Waals surface area contributed by atoms with Gasteiger partial charge in [0, 0.05) is 63.0 Å². The van der Waals surface area contributed by atoms with Crippen LogP contribution in [0.2, 0.25) is 0 Å². The molecule has 2 N–H and O–H groups in total. The Hall–Kier alpha value is -3.38. The molecule has 5 rings (SSSR count). The van der Waals surface area contributed by atoms with Crippen LogP contribution < -0.4 is 10.6 Å². The Balaban J connectivity index is 1.36. The van der Waals surface area contributed by atoms with Gasteiger partial charge in [0.15, 0.2) is 0 Å². The van der Waals surface area contributed by atoms with Crippen molar-refractivity contribution in [2.75, 3.05) is 50.4 Å². The summed E-state index contributed by atoms with van der Waals surface area (Å²) in [6.45, 7) is 10.2. The number of hydrogen-bond donors (Lipinski definition) is 1. The number of nitrogens with zero attached hydrogens (tertiary/aromatic N) is 5. The Bertz CT molecular complexity index is 1130. The van der Waals surface area contributed by atoms with Crippen molar-refractivity contribution in [3.05, 3.63) is 83.6 Å². The van der Waals surface area contributed by atoms with Gasteiger partial charge >= 0.3 is 0 Å². The lowest BCUT2D eigenvalue weighted by atomic mass is 9.95. The molecule has 170 valence electrons. The number of nitrogens with two attached hydrogens (primary N) is 1. The zero-order chi connectivity index (χ0) is 22.8. The van der Waals surface area contributed by atoms with Crippen molar-refractivity contribution in [3.8, 4) is 11.3 Å². The molecule has 0 spiro atoms. The molecule has 3 aromatic rings. The molecule has 1 saturated heterocycles. The number of fused-ring (bicyclic) bond motifs is 1. The summed E-state index contributed by atoms with van der Waals surface area (Å²) >= 11 is 0. The molecule has 0 aliphatic carbocycles. The van der Waals surface area contributed by atoms with Gasteiger partial charge < -0.3 is 20.4 Å². The summed E-state index contributed by atoms with van der Waals surface area (Å²) in [6, 6.07) is 19.3. The van der Waals surface area contributed by atoms with E-state index in [0.29, 0.717) is 5.95 Å². The van der Waals surface area contributed by atoms with Gasteiger partial charge in [-0.15, -0.1) is 0 Å². The van der Waals surface area contributed by atoms with Crippen LogP contribution in [0.15, 0.2) is 66.9 Å². The Morgan fingerprint density at radius 2 is 1.73 bits per heavy atom. The van der Waals surface area contributed by atoms with Gasteiger partial charge in [0.1, 0.15) is 5.82 Å². The number of likely N-dealkylation sites (N-methyl/N-ethyl adjacent to an activating group) is 1. The van der Waals surface area contributed by atoms with Gasteiger partial charge in [-0.05, 0) is 36.2 Å². The zero-order valence-corrected chi connectivity index (χ0v) is 19.4. The van der Waals surface area contributed by atoms with E-state index in [2.05, 4.69) is 92.9 Å². The van der Waals surface area contributed by atoms with E-state index >= 15 is 0 Å². The van der Waals surface area contributed by atoms with Crippen LogP contribution in [0.1, 0.15) is 16.7 Å². The lowest BCUT2D eigenvalue weighted by Crippen LogP contribution is -2.44. The number of allylic oxidation sites excluding steroid dienone is 1. The summed E-state index contributed by atoms with van der Waals surface area (Å²) in [5.41, 5.74) is 13.3. The summed E-state index contributed by atoms with van der Waals surface area (Å²) in [5.74, 6) is 1.25. The van der Waals surface area contributed by atoms with E-state index < -0.39 is 0 Å². The Kier molecular flexibility index (Phi) is 6.01.